The standard InChI is InChI=1S/C13H16O2/c1-9(2)10-4-3-5-12(6-10)15-13-7-11(14)8-13/h3-6,9,13H,7-8H2,1-2H3. The summed E-state index contributed by atoms with van der Waals surface area (Å²) in [5, 5.41) is 0. The summed E-state index contributed by atoms with van der Waals surface area (Å²) < 4.78 is 5.69. The molecule has 0 saturated heterocycles. The summed E-state index contributed by atoms with van der Waals surface area (Å²) in [5.41, 5.74) is 1.28. The number of hydrogen-bond donors (Lipinski definition) is 0. The highest BCUT2D eigenvalue weighted by Gasteiger charge is 2.28. The van der Waals surface area contributed by atoms with E-state index in [0.29, 0.717) is 24.5 Å². The minimum Gasteiger partial charge on any atom is -0.490 e. The summed E-state index contributed by atoms with van der Waals surface area (Å²) in [5.74, 6) is 1.70. The molecule has 0 spiro atoms. The van der Waals surface area contributed by atoms with Crippen molar-refractivity contribution < 1.29 is 9.53 Å². The average Bonchev–Trinajstić information content (AvgIpc) is 2.16. The van der Waals surface area contributed by atoms with Gasteiger partial charge in [-0.1, -0.05) is 26.0 Å². The SMILES string of the molecule is CC(C)c1cccc(OC2CC(=O)C2)c1. The van der Waals surface area contributed by atoms with Gasteiger partial charge in [-0.2, -0.15) is 0 Å². The fraction of sp³-hybridized carbons (Fsp3) is 0.462. The van der Waals surface area contributed by atoms with Gasteiger partial charge in [-0.15, -0.1) is 0 Å². The quantitative estimate of drug-likeness (QED) is 0.756. The maximum Gasteiger partial charge on any atom is 0.140 e. The number of benzene rings is 1. The van der Waals surface area contributed by atoms with Gasteiger partial charge < -0.3 is 4.74 Å². The lowest BCUT2D eigenvalue weighted by molar-refractivity contribution is -0.129. The predicted molar refractivity (Wildman–Crippen MR) is 59.2 cm³/mol. The van der Waals surface area contributed by atoms with E-state index in [0.717, 1.165) is 5.75 Å². The lowest BCUT2D eigenvalue weighted by Gasteiger charge is -2.25. The van der Waals surface area contributed by atoms with Crippen LogP contribution in [0.25, 0.3) is 0 Å². The summed E-state index contributed by atoms with van der Waals surface area (Å²) in [6.45, 7) is 4.32. The molecule has 1 fully saturated rings. The second kappa shape index (κ2) is 4.05. The van der Waals surface area contributed by atoms with Crippen molar-refractivity contribution >= 4 is 5.78 Å². The Labute approximate surface area is 90.3 Å². The molecule has 0 aromatic heterocycles. The molecule has 0 amide bonds. The maximum atomic E-state index is 10.8. The van der Waals surface area contributed by atoms with Gasteiger partial charge in [0.2, 0.25) is 0 Å². The smallest absolute Gasteiger partial charge is 0.140 e. The van der Waals surface area contributed by atoms with E-state index in [9.17, 15) is 4.79 Å². The number of ketones is 1. The number of hydrogen-bond acceptors (Lipinski definition) is 2. The first-order valence-corrected chi connectivity index (χ1v) is 5.43. The highest BCUT2D eigenvalue weighted by molar-refractivity contribution is 5.85. The molecule has 0 aliphatic heterocycles. The van der Waals surface area contributed by atoms with Gasteiger partial charge in [-0.05, 0) is 23.6 Å². The molecular weight excluding hydrogens is 188 g/mol. The Balaban J connectivity index is 2.02. The average molecular weight is 204 g/mol. The lowest BCUT2D eigenvalue weighted by Crippen LogP contribution is -2.33. The predicted octanol–water partition coefficient (Wildman–Crippen LogP) is 2.92. The Morgan fingerprint density at radius 3 is 2.67 bits per heavy atom. The van der Waals surface area contributed by atoms with Crippen LogP contribution in [0.2, 0.25) is 0 Å². The zero-order chi connectivity index (χ0) is 10.8. The van der Waals surface area contributed by atoms with Gasteiger partial charge in [-0.3, -0.25) is 4.79 Å². The van der Waals surface area contributed by atoms with Crippen LogP contribution in [0, 0.1) is 0 Å². The summed E-state index contributed by atoms with van der Waals surface area (Å²) in [6, 6.07) is 8.12. The van der Waals surface area contributed by atoms with Crippen molar-refractivity contribution in [2.45, 2.75) is 38.7 Å². The van der Waals surface area contributed by atoms with Crippen LogP contribution in [0.3, 0.4) is 0 Å². The topological polar surface area (TPSA) is 26.3 Å². The van der Waals surface area contributed by atoms with Crippen molar-refractivity contribution in [2.24, 2.45) is 0 Å². The Hall–Kier alpha value is -1.31. The molecule has 80 valence electrons. The zero-order valence-electron chi connectivity index (χ0n) is 9.19. The van der Waals surface area contributed by atoms with Gasteiger partial charge in [0.25, 0.3) is 0 Å². The van der Waals surface area contributed by atoms with Crippen molar-refractivity contribution in [2.75, 3.05) is 0 Å². The van der Waals surface area contributed by atoms with E-state index in [1.807, 2.05) is 12.1 Å². The second-order valence-electron chi connectivity index (χ2n) is 4.41. The van der Waals surface area contributed by atoms with Gasteiger partial charge in [0.15, 0.2) is 0 Å². The van der Waals surface area contributed by atoms with Crippen LogP contribution in [-0.2, 0) is 4.79 Å². The van der Waals surface area contributed by atoms with Crippen LogP contribution < -0.4 is 4.74 Å². The zero-order valence-corrected chi connectivity index (χ0v) is 9.19. The van der Waals surface area contributed by atoms with E-state index in [1.165, 1.54) is 5.56 Å². The summed E-state index contributed by atoms with van der Waals surface area (Å²) in [4.78, 5) is 10.8. The fourth-order valence-corrected chi connectivity index (χ4v) is 1.67. The maximum absolute atomic E-state index is 10.8. The Kier molecular flexibility index (Phi) is 2.76. The van der Waals surface area contributed by atoms with E-state index >= 15 is 0 Å². The Morgan fingerprint density at radius 1 is 1.33 bits per heavy atom. The lowest BCUT2D eigenvalue weighted by atomic mass is 9.94. The first kappa shape index (κ1) is 10.2. The monoisotopic (exact) mass is 204 g/mol. The van der Waals surface area contributed by atoms with Crippen molar-refractivity contribution in [1.29, 1.82) is 0 Å². The van der Waals surface area contributed by atoms with Crippen LogP contribution >= 0.6 is 0 Å². The molecular formula is C13H16O2. The molecule has 0 radical (unpaired) electrons. The molecule has 1 aromatic carbocycles. The van der Waals surface area contributed by atoms with Crippen molar-refractivity contribution in [3.63, 3.8) is 0 Å². The van der Waals surface area contributed by atoms with Gasteiger partial charge in [0, 0.05) is 12.8 Å². The van der Waals surface area contributed by atoms with Crippen LogP contribution in [0.1, 0.15) is 38.2 Å². The minimum absolute atomic E-state index is 0.111. The second-order valence-corrected chi connectivity index (χ2v) is 4.41. The normalized spacial score (nSPS) is 16.6. The van der Waals surface area contributed by atoms with Crippen molar-refractivity contribution in [3.05, 3.63) is 29.8 Å². The molecule has 0 heterocycles. The van der Waals surface area contributed by atoms with E-state index in [1.54, 1.807) is 0 Å². The van der Waals surface area contributed by atoms with Gasteiger partial charge in [-0.25, -0.2) is 0 Å². The minimum atomic E-state index is 0.111. The molecule has 1 aliphatic rings. The van der Waals surface area contributed by atoms with Gasteiger partial charge in [0.1, 0.15) is 17.6 Å². The highest BCUT2D eigenvalue weighted by Crippen LogP contribution is 2.25. The first-order chi connectivity index (χ1) is 7.15. The number of carbonyl (C=O) groups is 1. The van der Waals surface area contributed by atoms with Crippen LogP contribution in [0.5, 0.6) is 5.75 Å². The number of rotatable bonds is 3. The molecule has 2 heteroatoms. The molecule has 1 aliphatic carbocycles. The van der Waals surface area contributed by atoms with Crippen LogP contribution in [0.15, 0.2) is 24.3 Å². The first-order valence-electron chi connectivity index (χ1n) is 5.43. The molecule has 2 rings (SSSR count). The highest BCUT2D eigenvalue weighted by atomic mass is 16.5. The number of Topliss-reactive ketones (excluding diaryl/α,β-unsaturated/α-hetero) is 1. The fourth-order valence-electron chi connectivity index (χ4n) is 1.67. The van der Waals surface area contributed by atoms with E-state index in [2.05, 4.69) is 26.0 Å². The van der Waals surface area contributed by atoms with Crippen LogP contribution in [-0.4, -0.2) is 11.9 Å². The molecule has 0 atom stereocenters. The molecule has 0 bridgehead atoms. The van der Waals surface area contributed by atoms with Gasteiger partial charge >= 0.3 is 0 Å². The Bertz CT molecular complexity index is 361. The third kappa shape index (κ3) is 2.38. The molecule has 0 unspecified atom stereocenters. The van der Waals surface area contributed by atoms with E-state index in [4.69, 9.17) is 4.74 Å². The summed E-state index contributed by atoms with van der Waals surface area (Å²) >= 11 is 0. The number of carbonyl (C=O) groups excluding carboxylic acids is 1. The Morgan fingerprint density at radius 2 is 2.07 bits per heavy atom. The molecule has 1 saturated carbocycles. The van der Waals surface area contributed by atoms with Crippen molar-refractivity contribution in [3.8, 4) is 5.75 Å². The third-order valence-electron chi connectivity index (χ3n) is 2.74. The number of ether oxygens (including phenoxy) is 1. The summed E-state index contributed by atoms with van der Waals surface area (Å²) in [7, 11) is 0. The van der Waals surface area contributed by atoms with Crippen LogP contribution in [0.4, 0.5) is 0 Å². The molecule has 1 aromatic rings. The largest absolute Gasteiger partial charge is 0.490 e. The van der Waals surface area contributed by atoms with E-state index in [-0.39, 0.29) is 6.10 Å². The molecule has 0 N–H and O–H groups in total. The van der Waals surface area contributed by atoms with E-state index < -0.39 is 0 Å². The van der Waals surface area contributed by atoms with Crippen molar-refractivity contribution in [1.82, 2.24) is 0 Å². The summed E-state index contributed by atoms with van der Waals surface area (Å²) in [6.07, 6.45) is 1.26. The van der Waals surface area contributed by atoms with Gasteiger partial charge in [0.05, 0.1) is 0 Å². The molecule has 2 nitrogen and oxygen atoms in total. The third-order valence-corrected chi connectivity index (χ3v) is 2.74. The molecule has 15 heavy (non-hydrogen) atoms.